The van der Waals surface area contributed by atoms with Gasteiger partial charge in [-0.05, 0) is 42.6 Å². The van der Waals surface area contributed by atoms with Crippen LogP contribution in [-0.4, -0.2) is 95.0 Å². The summed E-state index contributed by atoms with van der Waals surface area (Å²) in [5, 5.41) is 16.3. The van der Waals surface area contributed by atoms with Crippen molar-refractivity contribution >= 4 is 35.3 Å². The topological polar surface area (TPSA) is 120 Å². The number of aliphatic carboxylic acids is 2. The lowest BCUT2D eigenvalue weighted by Crippen LogP contribution is -2.37. The minimum Gasteiger partial charge on any atom is -0.475 e. The highest BCUT2D eigenvalue weighted by Gasteiger charge is 2.50. The van der Waals surface area contributed by atoms with Gasteiger partial charge in [0.15, 0.2) is 0 Å². The number of rotatable bonds is 6. The minimum atomic E-state index is -5.08. The van der Waals surface area contributed by atoms with Gasteiger partial charge in [-0.25, -0.2) is 9.59 Å². The third-order valence-electron chi connectivity index (χ3n) is 6.41. The van der Waals surface area contributed by atoms with Crippen LogP contribution in [0.5, 0.6) is 0 Å². The number of pyridine rings is 1. The molecule has 2 saturated heterocycles. The molecule has 232 valence electrons. The molecule has 16 heteroatoms. The zero-order valence-electron chi connectivity index (χ0n) is 22.3. The molecule has 0 aliphatic carbocycles. The molecule has 4 rings (SSSR count). The van der Waals surface area contributed by atoms with Gasteiger partial charge in [0.2, 0.25) is 5.91 Å². The molecule has 0 aromatic carbocycles. The van der Waals surface area contributed by atoms with Crippen LogP contribution in [0.1, 0.15) is 16.9 Å². The number of amides is 1. The molecule has 2 atom stereocenters. The fraction of sp³-hybridized carbons (Fsp3) is 0.462. The largest absolute Gasteiger partial charge is 0.490 e. The monoisotopic (exact) mass is 625 g/mol. The fourth-order valence-corrected chi connectivity index (χ4v) is 5.14. The van der Waals surface area contributed by atoms with Gasteiger partial charge in [-0.1, -0.05) is 12.1 Å². The first-order valence-electron chi connectivity index (χ1n) is 12.3. The van der Waals surface area contributed by atoms with Gasteiger partial charge in [-0.3, -0.25) is 9.78 Å². The number of likely N-dealkylation sites (tertiary alicyclic amines) is 2. The van der Waals surface area contributed by atoms with Crippen LogP contribution in [0.3, 0.4) is 0 Å². The molecule has 2 aliphatic rings. The molecule has 9 nitrogen and oxygen atoms in total. The molecular weight excluding hydrogens is 596 g/mol. The van der Waals surface area contributed by atoms with Crippen molar-refractivity contribution in [3.8, 4) is 0 Å². The Morgan fingerprint density at radius 3 is 2.26 bits per heavy atom. The van der Waals surface area contributed by atoms with Crippen molar-refractivity contribution in [3.05, 3.63) is 58.6 Å². The Balaban J connectivity index is 0.000000367. The van der Waals surface area contributed by atoms with E-state index < -0.39 is 24.3 Å². The quantitative estimate of drug-likeness (QED) is 0.358. The molecule has 2 aliphatic heterocycles. The number of nitrogens with zero attached hydrogens (tertiary/aromatic N) is 3. The summed E-state index contributed by atoms with van der Waals surface area (Å²) in [6, 6.07) is 8.01. The Bertz CT molecular complexity index is 1170. The number of carbonyl (C=O) groups is 3. The van der Waals surface area contributed by atoms with Gasteiger partial charge in [0, 0.05) is 60.9 Å². The average molecular weight is 626 g/mol. The van der Waals surface area contributed by atoms with Gasteiger partial charge < -0.3 is 24.7 Å². The van der Waals surface area contributed by atoms with Gasteiger partial charge in [0.05, 0.1) is 13.2 Å². The van der Waals surface area contributed by atoms with Gasteiger partial charge >= 0.3 is 24.3 Å². The van der Waals surface area contributed by atoms with Crippen molar-refractivity contribution in [3.63, 3.8) is 0 Å². The second-order valence-corrected chi connectivity index (χ2v) is 10.6. The van der Waals surface area contributed by atoms with Crippen LogP contribution < -0.4 is 0 Å². The maximum atomic E-state index is 12.7. The smallest absolute Gasteiger partial charge is 0.475 e. The highest BCUT2D eigenvalue weighted by molar-refractivity contribution is 7.10. The molecule has 0 radical (unpaired) electrons. The van der Waals surface area contributed by atoms with E-state index in [1.165, 1.54) is 0 Å². The van der Waals surface area contributed by atoms with E-state index in [4.69, 9.17) is 24.5 Å². The first-order chi connectivity index (χ1) is 19.5. The molecular formula is C26H29F6N3O6S. The van der Waals surface area contributed by atoms with Crippen LogP contribution in [0.4, 0.5) is 26.3 Å². The van der Waals surface area contributed by atoms with Crippen LogP contribution in [0.25, 0.3) is 6.08 Å². The Labute approximate surface area is 241 Å². The third kappa shape index (κ3) is 11.1. The number of thiophene rings is 1. The molecule has 42 heavy (non-hydrogen) atoms. The van der Waals surface area contributed by atoms with Crippen molar-refractivity contribution in [1.82, 2.24) is 14.8 Å². The summed E-state index contributed by atoms with van der Waals surface area (Å²) in [5.41, 5.74) is 1.25. The van der Waals surface area contributed by atoms with Crippen molar-refractivity contribution in [2.75, 3.05) is 39.8 Å². The van der Waals surface area contributed by atoms with Crippen LogP contribution in [0.15, 0.2) is 48.1 Å². The number of carbonyl (C=O) groups excluding carboxylic acids is 1. The Morgan fingerprint density at radius 1 is 1.10 bits per heavy atom. The third-order valence-corrected chi connectivity index (χ3v) is 7.25. The van der Waals surface area contributed by atoms with E-state index in [9.17, 15) is 31.1 Å². The predicted molar refractivity (Wildman–Crippen MR) is 139 cm³/mol. The van der Waals surface area contributed by atoms with Gasteiger partial charge in [-0.2, -0.15) is 26.3 Å². The van der Waals surface area contributed by atoms with E-state index in [-0.39, 0.29) is 11.3 Å². The summed E-state index contributed by atoms with van der Waals surface area (Å²) in [6.45, 7) is 5.04. The van der Waals surface area contributed by atoms with Gasteiger partial charge in [0.1, 0.15) is 0 Å². The SMILES string of the molecule is CN1C[C@H](COCc2cccnc2)[C@]2(CCN(C(=O)/C=C/c3cccs3)C2)C1.O=C(O)C(F)(F)F.O=C(O)C(F)(F)F. The van der Waals surface area contributed by atoms with Crippen LogP contribution in [0.2, 0.25) is 0 Å². The van der Waals surface area contributed by atoms with Crippen molar-refractivity contribution in [2.45, 2.75) is 25.4 Å². The van der Waals surface area contributed by atoms with Crippen molar-refractivity contribution in [1.29, 1.82) is 0 Å². The summed E-state index contributed by atoms with van der Waals surface area (Å²) in [5.74, 6) is -4.94. The van der Waals surface area contributed by atoms with E-state index in [2.05, 4.69) is 16.9 Å². The molecule has 0 bridgehead atoms. The van der Waals surface area contributed by atoms with Crippen LogP contribution in [-0.2, 0) is 25.7 Å². The second-order valence-electron chi connectivity index (χ2n) is 9.60. The van der Waals surface area contributed by atoms with E-state index in [1.807, 2.05) is 46.8 Å². The van der Waals surface area contributed by atoms with E-state index in [1.54, 1.807) is 23.6 Å². The lowest BCUT2D eigenvalue weighted by Gasteiger charge is -2.30. The first-order valence-corrected chi connectivity index (χ1v) is 13.2. The number of aromatic nitrogens is 1. The maximum Gasteiger partial charge on any atom is 0.490 e. The van der Waals surface area contributed by atoms with E-state index >= 15 is 0 Å². The Morgan fingerprint density at radius 2 is 1.74 bits per heavy atom. The molecule has 1 amide bonds. The summed E-state index contributed by atoms with van der Waals surface area (Å²) < 4.78 is 69.5. The molecule has 0 saturated carbocycles. The molecule has 1 spiro atoms. The summed E-state index contributed by atoms with van der Waals surface area (Å²) in [4.78, 5) is 40.1. The van der Waals surface area contributed by atoms with Gasteiger partial charge in [0.25, 0.3) is 0 Å². The van der Waals surface area contributed by atoms with Crippen molar-refractivity contribution in [2.24, 2.45) is 11.3 Å². The predicted octanol–water partition coefficient (Wildman–Crippen LogP) is 4.42. The Kier molecular flexibility index (Phi) is 12.5. The molecule has 0 unspecified atom stereocenters. The van der Waals surface area contributed by atoms with Crippen molar-refractivity contribution < 1.29 is 55.7 Å². The van der Waals surface area contributed by atoms with Crippen LogP contribution >= 0.6 is 11.3 Å². The number of carboxylic acid groups (broad SMARTS) is 2. The molecule has 2 aromatic heterocycles. The van der Waals surface area contributed by atoms with Gasteiger partial charge in [-0.15, -0.1) is 11.3 Å². The number of carboxylic acids is 2. The number of ether oxygens (including phenoxy) is 1. The molecule has 2 aromatic rings. The summed E-state index contributed by atoms with van der Waals surface area (Å²) in [6.07, 6.45) is -1.84. The highest BCUT2D eigenvalue weighted by atomic mass is 32.1. The molecule has 4 heterocycles. The zero-order valence-corrected chi connectivity index (χ0v) is 23.1. The number of halogens is 6. The van der Waals surface area contributed by atoms with Crippen LogP contribution in [0, 0.1) is 11.3 Å². The second kappa shape index (κ2) is 15.1. The standard InChI is InChI=1S/C22H27N3O2S.2C2HF3O2/c1-24-13-19(15-27-14-18-4-2-9-23-12-18)22(16-24)8-10-25(17-22)21(26)7-6-20-5-3-11-28-20;2*3-2(4,5)1(6)7/h2-7,9,11-12,19H,8,10,13-17H2,1H3;2*(H,6,7)/b7-6+;;/t19-,22-;;/m1../s1. The maximum absolute atomic E-state index is 12.7. The van der Waals surface area contributed by atoms with E-state index in [0.29, 0.717) is 12.5 Å². The fourth-order valence-electron chi connectivity index (χ4n) is 4.52. The number of hydrogen-bond acceptors (Lipinski definition) is 7. The normalized spacial score (nSPS) is 20.6. The lowest BCUT2D eigenvalue weighted by molar-refractivity contribution is -0.193. The van der Waals surface area contributed by atoms with E-state index in [0.717, 1.165) is 49.6 Å². The highest BCUT2D eigenvalue weighted by Crippen LogP contribution is 2.43. The molecule has 2 N–H and O–H groups in total. The number of alkyl halides is 6. The minimum absolute atomic E-state index is 0.120. The summed E-state index contributed by atoms with van der Waals surface area (Å²) >= 11 is 1.65. The lowest BCUT2D eigenvalue weighted by atomic mass is 9.77. The zero-order chi connectivity index (χ0) is 31.6. The Hall–Kier alpha value is -3.50. The number of hydrogen-bond donors (Lipinski definition) is 2. The summed E-state index contributed by atoms with van der Waals surface area (Å²) in [7, 11) is 2.17. The average Bonchev–Trinajstić information content (AvgIpc) is 3.64. The molecule has 2 fully saturated rings. The first kappa shape index (κ1) is 34.7.